The van der Waals surface area contributed by atoms with E-state index in [4.69, 9.17) is 9.84 Å². The van der Waals surface area contributed by atoms with Gasteiger partial charge in [0.2, 0.25) is 0 Å². The van der Waals surface area contributed by atoms with Gasteiger partial charge in [-0.05, 0) is 35.7 Å². The van der Waals surface area contributed by atoms with Gasteiger partial charge in [-0.15, -0.1) is 11.8 Å². The number of benzene rings is 3. The molecule has 6 heteroatoms. The van der Waals surface area contributed by atoms with Crippen LogP contribution < -0.4 is 10.1 Å². The van der Waals surface area contributed by atoms with E-state index in [9.17, 15) is 4.79 Å². The summed E-state index contributed by atoms with van der Waals surface area (Å²) in [5.74, 6) is 1.55. The quantitative estimate of drug-likeness (QED) is 0.413. The largest absolute Gasteiger partial charge is 0.496 e. The second-order valence-corrected chi connectivity index (χ2v) is 9.11. The number of carbonyl (C=O) groups excluding carboxylic acids is 1. The molecular weight excluding hydrogens is 430 g/mol. The predicted molar refractivity (Wildman–Crippen MR) is 132 cm³/mol. The molecule has 1 atom stereocenters. The molecule has 1 aromatic heterocycles. The molecule has 5 nitrogen and oxygen atoms in total. The molecule has 0 bridgehead atoms. The van der Waals surface area contributed by atoms with Crippen LogP contribution in [-0.2, 0) is 6.54 Å². The van der Waals surface area contributed by atoms with Crippen molar-refractivity contribution in [2.24, 2.45) is 0 Å². The summed E-state index contributed by atoms with van der Waals surface area (Å²) in [6.45, 7) is 0.583. The number of carbonyl (C=O) groups is 1. The normalized spacial score (nSPS) is 15.0. The van der Waals surface area contributed by atoms with Crippen molar-refractivity contribution in [1.29, 1.82) is 0 Å². The minimum absolute atomic E-state index is 0.0158. The van der Waals surface area contributed by atoms with E-state index in [-0.39, 0.29) is 11.9 Å². The molecule has 33 heavy (non-hydrogen) atoms. The molecule has 1 aliphatic rings. The molecule has 5 rings (SSSR count). The minimum atomic E-state index is -0.123. The van der Waals surface area contributed by atoms with Gasteiger partial charge >= 0.3 is 0 Å². The fourth-order valence-corrected chi connectivity index (χ4v) is 5.33. The first-order valence-corrected chi connectivity index (χ1v) is 12.0. The maximum atomic E-state index is 13.6. The summed E-state index contributed by atoms with van der Waals surface area (Å²) < 4.78 is 7.40. The lowest BCUT2D eigenvalue weighted by Crippen LogP contribution is -2.30. The smallest absolute Gasteiger partial charge is 0.255 e. The zero-order chi connectivity index (χ0) is 22.6. The van der Waals surface area contributed by atoms with E-state index in [0.29, 0.717) is 23.6 Å². The highest BCUT2D eigenvalue weighted by molar-refractivity contribution is 7.99. The molecule has 1 aliphatic heterocycles. The second-order valence-electron chi connectivity index (χ2n) is 7.98. The lowest BCUT2D eigenvalue weighted by atomic mass is 10.0. The van der Waals surface area contributed by atoms with Gasteiger partial charge in [0.25, 0.3) is 5.91 Å². The number of methoxy groups -OCH3 is 1. The van der Waals surface area contributed by atoms with Crippen LogP contribution in [0.5, 0.6) is 5.75 Å². The van der Waals surface area contributed by atoms with Crippen LogP contribution in [0.3, 0.4) is 0 Å². The van der Waals surface area contributed by atoms with Gasteiger partial charge < -0.3 is 10.1 Å². The summed E-state index contributed by atoms with van der Waals surface area (Å²) in [7, 11) is 1.64. The fourth-order valence-electron chi connectivity index (χ4n) is 4.21. The van der Waals surface area contributed by atoms with Crippen molar-refractivity contribution in [3.8, 4) is 17.0 Å². The molecule has 0 spiro atoms. The Bertz CT molecular complexity index is 1270. The Labute approximate surface area is 197 Å². The summed E-state index contributed by atoms with van der Waals surface area (Å²) in [6.07, 6.45) is 2.74. The van der Waals surface area contributed by atoms with E-state index >= 15 is 0 Å². The van der Waals surface area contributed by atoms with Crippen LogP contribution >= 0.6 is 11.8 Å². The molecule has 166 valence electrons. The molecule has 3 aromatic carbocycles. The third kappa shape index (κ3) is 4.52. The number of nitrogens with zero attached hydrogens (tertiary/aromatic N) is 2. The number of thioether (sulfide) groups is 1. The number of fused-ring (bicyclic) bond motifs is 1. The van der Waals surface area contributed by atoms with E-state index in [1.807, 2.05) is 77.2 Å². The van der Waals surface area contributed by atoms with E-state index in [1.54, 1.807) is 7.11 Å². The molecule has 0 radical (unpaired) electrons. The van der Waals surface area contributed by atoms with Crippen molar-refractivity contribution >= 4 is 17.7 Å². The summed E-state index contributed by atoms with van der Waals surface area (Å²) in [6, 6.07) is 26.1. The molecule has 4 aromatic rings. The summed E-state index contributed by atoms with van der Waals surface area (Å²) in [5.41, 5.74) is 4.27. The van der Waals surface area contributed by atoms with Gasteiger partial charge in [0.15, 0.2) is 0 Å². The van der Waals surface area contributed by atoms with E-state index in [0.717, 1.165) is 23.3 Å². The van der Waals surface area contributed by atoms with Gasteiger partial charge in [0.1, 0.15) is 11.4 Å². The first kappa shape index (κ1) is 21.3. The Morgan fingerprint density at radius 2 is 1.82 bits per heavy atom. The van der Waals surface area contributed by atoms with Crippen molar-refractivity contribution < 1.29 is 9.53 Å². The summed E-state index contributed by atoms with van der Waals surface area (Å²) in [5, 5.41) is 8.08. The third-order valence-electron chi connectivity index (χ3n) is 5.82. The lowest BCUT2D eigenvalue weighted by molar-refractivity contribution is 0.0935. The first-order valence-electron chi connectivity index (χ1n) is 11.0. The Kier molecular flexibility index (Phi) is 6.17. The molecule has 0 unspecified atom stereocenters. The maximum Gasteiger partial charge on any atom is 0.255 e. The highest BCUT2D eigenvalue weighted by Gasteiger charge is 2.26. The summed E-state index contributed by atoms with van der Waals surface area (Å²) >= 11 is 1.84. The van der Waals surface area contributed by atoms with Gasteiger partial charge in [-0.2, -0.15) is 5.10 Å². The number of hydrogen-bond acceptors (Lipinski definition) is 4. The van der Waals surface area contributed by atoms with Gasteiger partial charge in [-0.25, -0.2) is 0 Å². The molecule has 1 amide bonds. The van der Waals surface area contributed by atoms with Crippen molar-refractivity contribution in [1.82, 2.24) is 15.1 Å². The maximum absolute atomic E-state index is 13.6. The van der Waals surface area contributed by atoms with E-state index in [2.05, 4.69) is 29.6 Å². The lowest BCUT2D eigenvalue weighted by Gasteiger charge is -2.25. The number of para-hydroxylation sites is 1. The van der Waals surface area contributed by atoms with Crippen LogP contribution in [0.2, 0.25) is 0 Å². The molecule has 0 fully saturated rings. The highest BCUT2D eigenvalue weighted by Crippen LogP contribution is 2.37. The van der Waals surface area contributed by atoms with Crippen LogP contribution in [0.4, 0.5) is 0 Å². The summed E-state index contributed by atoms with van der Waals surface area (Å²) in [4.78, 5) is 14.8. The SMILES string of the molecule is COc1ccccc1-c1nn(Cc2ccccc2)cc1C(=O)N[C@H]1CCSc2ccccc21. The van der Waals surface area contributed by atoms with Crippen molar-refractivity contribution in [2.45, 2.75) is 23.9 Å². The first-order chi connectivity index (χ1) is 16.2. The Morgan fingerprint density at radius 3 is 2.67 bits per heavy atom. The molecule has 2 heterocycles. The van der Waals surface area contributed by atoms with Crippen LogP contribution in [0.25, 0.3) is 11.3 Å². The van der Waals surface area contributed by atoms with Crippen LogP contribution in [-0.4, -0.2) is 28.6 Å². The topological polar surface area (TPSA) is 56.2 Å². The zero-order valence-corrected chi connectivity index (χ0v) is 19.2. The number of aromatic nitrogens is 2. The highest BCUT2D eigenvalue weighted by atomic mass is 32.2. The van der Waals surface area contributed by atoms with Gasteiger partial charge in [0.05, 0.1) is 25.3 Å². The Hall–Kier alpha value is -3.51. The van der Waals surface area contributed by atoms with Crippen LogP contribution in [0, 0.1) is 0 Å². The average molecular weight is 456 g/mol. The standard InChI is InChI=1S/C27H25N3O2S/c1-32-24-13-7-5-12-21(24)26-22(18-30(29-26)17-19-9-3-2-4-10-19)27(31)28-23-15-16-33-25-14-8-6-11-20(23)25/h2-14,18,23H,15-17H2,1H3,(H,28,31)/t23-/m0/s1. The van der Waals surface area contributed by atoms with E-state index < -0.39 is 0 Å². The zero-order valence-electron chi connectivity index (χ0n) is 18.4. The van der Waals surface area contributed by atoms with Gasteiger partial charge in [-0.3, -0.25) is 9.48 Å². The molecular formula is C27H25N3O2S. The number of amides is 1. The van der Waals surface area contributed by atoms with E-state index in [1.165, 1.54) is 10.5 Å². The Morgan fingerprint density at radius 1 is 1.06 bits per heavy atom. The third-order valence-corrected chi connectivity index (χ3v) is 6.94. The fraction of sp³-hybridized carbons (Fsp3) is 0.185. The van der Waals surface area contributed by atoms with Crippen LogP contribution in [0.15, 0.2) is 90.0 Å². The van der Waals surface area contributed by atoms with Gasteiger partial charge in [-0.1, -0.05) is 60.7 Å². The van der Waals surface area contributed by atoms with Crippen LogP contribution in [0.1, 0.15) is 33.9 Å². The monoisotopic (exact) mass is 455 g/mol. The predicted octanol–water partition coefficient (Wildman–Crippen LogP) is 5.57. The number of rotatable bonds is 6. The minimum Gasteiger partial charge on any atom is -0.496 e. The number of ether oxygens (including phenoxy) is 1. The second kappa shape index (κ2) is 9.55. The molecule has 0 saturated heterocycles. The van der Waals surface area contributed by atoms with Gasteiger partial charge in [0, 0.05) is 22.4 Å². The molecule has 1 N–H and O–H groups in total. The number of nitrogens with one attached hydrogen (secondary N) is 1. The number of hydrogen-bond donors (Lipinski definition) is 1. The Balaban J connectivity index is 1.51. The van der Waals surface area contributed by atoms with Crippen molar-refractivity contribution in [2.75, 3.05) is 12.9 Å². The molecule has 0 aliphatic carbocycles. The molecule has 0 saturated carbocycles. The van der Waals surface area contributed by atoms with Crippen molar-refractivity contribution in [3.05, 3.63) is 102 Å². The average Bonchev–Trinajstić information content (AvgIpc) is 3.28. The van der Waals surface area contributed by atoms with Crippen molar-refractivity contribution in [3.63, 3.8) is 0 Å².